The van der Waals surface area contributed by atoms with Crippen molar-refractivity contribution >= 4 is 21.6 Å². The van der Waals surface area contributed by atoms with Crippen molar-refractivity contribution in [3.05, 3.63) is 23.8 Å². The highest BCUT2D eigenvalue weighted by Crippen LogP contribution is 2.35. The van der Waals surface area contributed by atoms with Gasteiger partial charge in [0.2, 0.25) is 15.9 Å². The maximum Gasteiger partial charge on any atom is 0.243 e. The number of amides is 1. The Bertz CT molecular complexity index is 775. The number of hydrogen-bond donors (Lipinski definition) is 0. The summed E-state index contributed by atoms with van der Waals surface area (Å²) in [5.74, 6) is -0.00161. The number of morpholine rings is 1. The smallest absolute Gasteiger partial charge is 0.243 e. The highest BCUT2D eigenvalue weighted by atomic mass is 32.2. The molecule has 1 aromatic rings. The number of rotatable bonds is 2. The Labute approximate surface area is 142 Å². The summed E-state index contributed by atoms with van der Waals surface area (Å²) in [5, 5.41) is 0. The average Bonchev–Trinajstić information content (AvgIpc) is 2.88. The van der Waals surface area contributed by atoms with Crippen LogP contribution in [0.4, 0.5) is 5.69 Å². The van der Waals surface area contributed by atoms with Gasteiger partial charge in [0.05, 0.1) is 30.1 Å². The van der Waals surface area contributed by atoms with Gasteiger partial charge in [-0.1, -0.05) is 12.8 Å². The van der Waals surface area contributed by atoms with Crippen molar-refractivity contribution in [2.24, 2.45) is 0 Å². The monoisotopic (exact) mass is 350 g/mol. The molecule has 0 radical (unpaired) electrons. The van der Waals surface area contributed by atoms with Crippen molar-refractivity contribution in [1.29, 1.82) is 0 Å². The second-order valence-electron chi connectivity index (χ2n) is 6.80. The number of nitrogens with zero attached hydrogens (tertiary/aromatic N) is 2. The standard InChI is InChI=1S/C17H22N2O4S/c1-18-14-7-6-13(10-12(14)11-17(18)20)24(21,22)19-8-9-23-16-5-3-2-4-15(16)19/h6-7,10,15-16H,2-5,8-9,11H2,1H3. The summed E-state index contributed by atoms with van der Waals surface area (Å²) in [6, 6.07) is 4.97. The molecule has 0 spiro atoms. The maximum atomic E-state index is 13.2. The molecule has 24 heavy (non-hydrogen) atoms. The van der Waals surface area contributed by atoms with E-state index in [9.17, 15) is 13.2 Å². The lowest BCUT2D eigenvalue weighted by Crippen LogP contribution is -2.54. The highest BCUT2D eigenvalue weighted by molar-refractivity contribution is 7.89. The average molecular weight is 350 g/mol. The molecule has 2 aliphatic heterocycles. The van der Waals surface area contributed by atoms with E-state index in [1.165, 1.54) is 0 Å². The zero-order valence-corrected chi connectivity index (χ0v) is 14.6. The maximum absolute atomic E-state index is 13.2. The van der Waals surface area contributed by atoms with Gasteiger partial charge in [-0.3, -0.25) is 4.79 Å². The minimum atomic E-state index is -3.57. The quantitative estimate of drug-likeness (QED) is 0.811. The minimum Gasteiger partial charge on any atom is -0.375 e. The Morgan fingerprint density at radius 1 is 1.21 bits per heavy atom. The lowest BCUT2D eigenvalue weighted by atomic mass is 9.91. The van der Waals surface area contributed by atoms with Crippen LogP contribution in [0.3, 0.4) is 0 Å². The molecule has 0 aromatic heterocycles. The molecule has 3 aliphatic rings. The number of carbonyl (C=O) groups is 1. The van der Waals surface area contributed by atoms with Gasteiger partial charge in [-0.25, -0.2) is 8.42 Å². The van der Waals surface area contributed by atoms with Crippen LogP contribution in [0.25, 0.3) is 0 Å². The van der Waals surface area contributed by atoms with Crippen LogP contribution in [0, 0.1) is 0 Å². The summed E-state index contributed by atoms with van der Waals surface area (Å²) in [6.07, 6.45) is 4.22. The van der Waals surface area contributed by atoms with Crippen LogP contribution in [0.1, 0.15) is 31.2 Å². The van der Waals surface area contributed by atoms with Crippen LogP contribution < -0.4 is 4.90 Å². The Kier molecular flexibility index (Phi) is 3.89. The third kappa shape index (κ3) is 2.46. The number of benzene rings is 1. The van der Waals surface area contributed by atoms with Crippen LogP contribution >= 0.6 is 0 Å². The fourth-order valence-corrected chi connectivity index (χ4v) is 5.82. The first kappa shape index (κ1) is 16.1. The highest BCUT2D eigenvalue weighted by Gasteiger charge is 2.41. The molecule has 2 atom stereocenters. The number of likely N-dealkylation sites (N-methyl/N-ethyl adjacent to an activating group) is 1. The molecule has 1 saturated heterocycles. The molecule has 2 fully saturated rings. The molecule has 130 valence electrons. The molecule has 7 heteroatoms. The number of ether oxygens (including phenoxy) is 1. The summed E-state index contributed by atoms with van der Waals surface area (Å²) >= 11 is 0. The van der Waals surface area contributed by atoms with E-state index in [-0.39, 0.29) is 29.4 Å². The molecular weight excluding hydrogens is 328 g/mol. The van der Waals surface area contributed by atoms with Crippen molar-refractivity contribution in [2.45, 2.75) is 49.1 Å². The molecule has 1 aromatic carbocycles. The predicted octanol–water partition coefficient (Wildman–Crippen LogP) is 1.54. The number of carbonyl (C=O) groups excluding carboxylic acids is 1. The Balaban J connectivity index is 1.68. The van der Waals surface area contributed by atoms with Gasteiger partial charge < -0.3 is 9.64 Å². The third-order valence-corrected chi connectivity index (χ3v) is 7.34. The van der Waals surface area contributed by atoms with Crippen molar-refractivity contribution in [1.82, 2.24) is 4.31 Å². The van der Waals surface area contributed by atoms with Crippen molar-refractivity contribution in [3.8, 4) is 0 Å². The van der Waals surface area contributed by atoms with Crippen LogP contribution in [-0.4, -0.2) is 51.0 Å². The summed E-state index contributed by atoms with van der Waals surface area (Å²) in [5.41, 5.74) is 1.59. The summed E-state index contributed by atoms with van der Waals surface area (Å²) in [6.45, 7) is 0.853. The summed E-state index contributed by atoms with van der Waals surface area (Å²) in [7, 11) is -1.85. The number of hydrogen-bond acceptors (Lipinski definition) is 4. The number of anilines is 1. The Morgan fingerprint density at radius 3 is 2.83 bits per heavy atom. The topological polar surface area (TPSA) is 66.9 Å². The van der Waals surface area contributed by atoms with Gasteiger partial charge in [-0.05, 0) is 36.6 Å². The van der Waals surface area contributed by atoms with Crippen molar-refractivity contribution < 1.29 is 17.9 Å². The van der Waals surface area contributed by atoms with Gasteiger partial charge in [0.25, 0.3) is 0 Å². The molecule has 0 bridgehead atoms. The number of sulfonamides is 1. The van der Waals surface area contributed by atoms with Gasteiger partial charge in [0.1, 0.15) is 0 Å². The van der Waals surface area contributed by atoms with Crippen LogP contribution in [0.5, 0.6) is 0 Å². The van der Waals surface area contributed by atoms with Gasteiger partial charge in [-0.2, -0.15) is 4.31 Å². The third-order valence-electron chi connectivity index (χ3n) is 5.42. The van der Waals surface area contributed by atoms with E-state index in [1.807, 2.05) is 0 Å². The summed E-state index contributed by atoms with van der Waals surface area (Å²) < 4.78 is 33.8. The Hall–Kier alpha value is -1.44. The molecule has 1 amide bonds. The number of fused-ring (bicyclic) bond motifs is 2. The van der Waals surface area contributed by atoms with Crippen LogP contribution in [0.15, 0.2) is 23.1 Å². The van der Waals surface area contributed by atoms with E-state index < -0.39 is 10.0 Å². The molecule has 0 N–H and O–H groups in total. The second-order valence-corrected chi connectivity index (χ2v) is 8.69. The fourth-order valence-electron chi connectivity index (χ4n) is 4.10. The lowest BCUT2D eigenvalue weighted by molar-refractivity contribution is -0.117. The van der Waals surface area contributed by atoms with E-state index in [4.69, 9.17) is 4.74 Å². The molecular formula is C17H22N2O4S. The Morgan fingerprint density at radius 2 is 2.00 bits per heavy atom. The van der Waals surface area contributed by atoms with E-state index in [0.29, 0.717) is 13.2 Å². The fraction of sp³-hybridized carbons (Fsp3) is 0.588. The molecule has 2 unspecified atom stereocenters. The van der Waals surface area contributed by atoms with Crippen molar-refractivity contribution in [2.75, 3.05) is 25.1 Å². The molecule has 4 rings (SSSR count). The molecule has 1 aliphatic carbocycles. The van der Waals surface area contributed by atoms with Crippen molar-refractivity contribution in [3.63, 3.8) is 0 Å². The first-order valence-electron chi connectivity index (χ1n) is 8.51. The lowest BCUT2D eigenvalue weighted by Gasteiger charge is -2.42. The molecule has 6 nitrogen and oxygen atoms in total. The first-order chi connectivity index (χ1) is 11.5. The van der Waals surface area contributed by atoms with Gasteiger partial charge in [0, 0.05) is 19.3 Å². The minimum absolute atomic E-state index is 0.00161. The SMILES string of the molecule is CN1C(=O)Cc2cc(S(=O)(=O)N3CCOC4CCCCC43)ccc21. The zero-order chi connectivity index (χ0) is 16.9. The van der Waals surface area contributed by atoms with E-state index in [2.05, 4.69) is 0 Å². The zero-order valence-electron chi connectivity index (χ0n) is 13.8. The molecule has 1 saturated carbocycles. The van der Waals surface area contributed by atoms with E-state index in [1.54, 1.807) is 34.5 Å². The first-order valence-corrected chi connectivity index (χ1v) is 9.95. The van der Waals surface area contributed by atoms with Gasteiger partial charge in [0.15, 0.2) is 0 Å². The van der Waals surface area contributed by atoms with Gasteiger partial charge in [-0.15, -0.1) is 0 Å². The second kappa shape index (κ2) is 5.82. The normalized spacial score (nSPS) is 27.9. The predicted molar refractivity (Wildman–Crippen MR) is 89.4 cm³/mol. The summed E-state index contributed by atoms with van der Waals surface area (Å²) in [4.78, 5) is 13.7. The van der Waals surface area contributed by atoms with Crippen LogP contribution in [0.2, 0.25) is 0 Å². The largest absolute Gasteiger partial charge is 0.375 e. The van der Waals surface area contributed by atoms with E-state index >= 15 is 0 Å². The van der Waals surface area contributed by atoms with Crippen LogP contribution in [-0.2, 0) is 26.0 Å². The van der Waals surface area contributed by atoms with E-state index in [0.717, 1.165) is 36.9 Å². The van der Waals surface area contributed by atoms with Gasteiger partial charge >= 0.3 is 0 Å². The molecule has 2 heterocycles.